The molecule has 15 heavy (non-hydrogen) atoms. The number of carbonyl (C=O) groups excluding carboxylic acids is 1. The third kappa shape index (κ3) is 3.90. The Kier molecular flexibility index (Phi) is 4.59. The first-order valence-electron chi connectivity index (χ1n) is 4.03. The molecule has 1 aromatic carbocycles. The van der Waals surface area contributed by atoms with Gasteiger partial charge >= 0.3 is 5.97 Å². The summed E-state index contributed by atoms with van der Waals surface area (Å²) in [5.74, 6) is -2.45. The van der Waals surface area contributed by atoms with Crippen LogP contribution in [0.3, 0.4) is 0 Å². The Balaban J connectivity index is 2.52. The van der Waals surface area contributed by atoms with Crippen LogP contribution in [0.4, 0.5) is 4.39 Å². The van der Waals surface area contributed by atoms with E-state index >= 15 is 0 Å². The number of esters is 1. The van der Waals surface area contributed by atoms with Gasteiger partial charge in [0.05, 0.1) is 0 Å². The summed E-state index contributed by atoms with van der Waals surface area (Å²) in [4.78, 5) is 10.9. The quantitative estimate of drug-likeness (QED) is 0.606. The third-order valence-corrected chi connectivity index (χ3v) is 1.89. The number of halogens is 3. The fraction of sp³-hybridized carbons (Fsp3) is 0.100. The lowest BCUT2D eigenvalue weighted by Gasteiger charge is -2.02. The van der Waals surface area contributed by atoms with Gasteiger partial charge in [-0.15, -0.1) is 0 Å². The molecule has 0 unspecified atom stereocenters. The van der Waals surface area contributed by atoms with Crippen molar-refractivity contribution in [2.45, 2.75) is 6.61 Å². The van der Waals surface area contributed by atoms with Crippen LogP contribution in [0.1, 0.15) is 5.56 Å². The van der Waals surface area contributed by atoms with Crippen molar-refractivity contribution in [1.29, 1.82) is 0 Å². The van der Waals surface area contributed by atoms with Crippen molar-refractivity contribution in [3.8, 4) is 0 Å². The molecule has 0 fully saturated rings. The van der Waals surface area contributed by atoms with Crippen molar-refractivity contribution in [2.75, 3.05) is 0 Å². The molecule has 0 spiro atoms. The molecule has 0 atom stereocenters. The summed E-state index contributed by atoms with van der Waals surface area (Å²) in [6.45, 7) is -0.0197. The van der Waals surface area contributed by atoms with E-state index in [0.29, 0.717) is 0 Å². The Hall–Kier alpha value is -1.06. The molecule has 0 radical (unpaired) electrons. The molecule has 0 saturated carbocycles. The standard InChI is InChI=1S/C10H7Cl2FO2/c11-9(12)8(13)10(14)15-6-7-4-2-1-3-5-7/h1-5H,6H2. The highest BCUT2D eigenvalue weighted by Crippen LogP contribution is 2.17. The lowest BCUT2D eigenvalue weighted by molar-refractivity contribution is -0.142. The first kappa shape index (κ1) is 12.0. The minimum absolute atomic E-state index is 0.0197. The molecule has 0 heterocycles. The molecule has 0 aliphatic carbocycles. The Bertz CT molecular complexity index is 372. The second-order valence-electron chi connectivity index (χ2n) is 2.64. The van der Waals surface area contributed by atoms with Crippen molar-refractivity contribution in [1.82, 2.24) is 0 Å². The molecule has 80 valence electrons. The predicted molar refractivity (Wildman–Crippen MR) is 56.1 cm³/mol. The molecule has 0 aliphatic heterocycles. The largest absolute Gasteiger partial charge is 0.455 e. The molecule has 1 rings (SSSR count). The lowest BCUT2D eigenvalue weighted by atomic mass is 10.2. The zero-order chi connectivity index (χ0) is 11.3. The van der Waals surface area contributed by atoms with Gasteiger partial charge in [0.25, 0.3) is 0 Å². The maximum absolute atomic E-state index is 12.8. The van der Waals surface area contributed by atoms with Crippen LogP contribution >= 0.6 is 23.2 Å². The van der Waals surface area contributed by atoms with Crippen molar-refractivity contribution in [3.63, 3.8) is 0 Å². The van der Waals surface area contributed by atoms with E-state index in [1.165, 1.54) is 0 Å². The summed E-state index contributed by atoms with van der Waals surface area (Å²) >= 11 is 10.1. The number of hydrogen-bond acceptors (Lipinski definition) is 2. The van der Waals surface area contributed by atoms with Crippen LogP contribution in [0, 0.1) is 0 Å². The molecular formula is C10H7Cl2FO2. The summed E-state index contributed by atoms with van der Waals surface area (Å²) in [5, 5.41) is 0. The summed E-state index contributed by atoms with van der Waals surface area (Å²) in [6, 6.07) is 8.88. The number of ether oxygens (including phenoxy) is 1. The SMILES string of the molecule is O=C(OCc1ccccc1)C(F)=C(Cl)Cl. The monoisotopic (exact) mass is 248 g/mol. The topological polar surface area (TPSA) is 26.3 Å². The molecule has 1 aromatic rings. The van der Waals surface area contributed by atoms with E-state index in [-0.39, 0.29) is 6.61 Å². The summed E-state index contributed by atoms with van der Waals surface area (Å²) in [5.41, 5.74) is 0.754. The fourth-order valence-electron chi connectivity index (χ4n) is 0.864. The number of carbonyl (C=O) groups is 1. The molecule has 0 aliphatic rings. The van der Waals surface area contributed by atoms with E-state index in [2.05, 4.69) is 4.74 Å². The minimum atomic E-state index is -1.28. The maximum atomic E-state index is 12.8. The number of rotatable bonds is 3. The molecular weight excluding hydrogens is 242 g/mol. The zero-order valence-electron chi connectivity index (χ0n) is 7.54. The van der Waals surface area contributed by atoms with Crippen LogP contribution in [0.5, 0.6) is 0 Å². The van der Waals surface area contributed by atoms with Gasteiger partial charge in [0.1, 0.15) is 11.1 Å². The van der Waals surface area contributed by atoms with E-state index in [1.54, 1.807) is 24.3 Å². The maximum Gasteiger partial charge on any atom is 0.370 e. The third-order valence-electron chi connectivity index (χ3n) is 1.56. The van der Waals surface area contributed by atoms with Gasteiger partial charge in [-0.1, -0.05) is 53.5 Å². The normalized spacial score (nSPS) is 9.53. The van der Waals surface area contributed by atoms with Crippen molar-refractivity contribution in [3.05, 3.63) is 46.2 Å². The Morgan fingerprint density at radius 2 is 1.87 bits per heavy atom. The van der Waals surface area contributed by atoms with E-state index in [0.717, 1.165) is 5.56 Å². The highest BCUT2D eigenvalue weighted by molar-refractivity contribution is 6.57. The van der Waals surface area contributed by atoms with Crippen LogP contribution in [0.25, 0.3) is 0 Å². The molecule has 5 heteroatoms. The van der Waals surface area contributed by atoms with E-state index in [1.807, 2.05) is 6.07 Å². The number of hydrogen-bond donors (Lipinski definition) is 0. The van der Waals surface area contributed by atoms with Gasteiger partial charge < -0.3 is 4.74 Å². The van der Waals surface area contributed by atoms with Crippen molar-refractivity contribution in [2.24, 2.45) is 0 Å². The molecule has 0 saturated heterocycles. The number of benzene rings is 1. The van der Waals surface area contributed by atoms with Crippen molar-refractivity contribution < 1.29 is 13.9 Å². The van der Waals surface area contributed by atoms with Crippen LogP contribution in [-0.4, -0.2) is 5.97 Å². The summed E-state index contributed by atoms with van der Waals surface area (Å²) in [7, 11) is 0. The molecule has 0 amide bonds. The average Bonchev–Trinajstić information content (AvgIpc) is 2.26. The van der Waals surface area contributed by atoms with Crippen molar-refractivity contribution >= 4 is 29.2 Å². The van der Waals surface area contributed by atoms with Gasteiger partial charge in [0.15, 0.2) is 0 Å². The van der Waals surface area contributed by atoms with Gasteiger partial charge in [-0.05, 0) is 5.56 Å². The van der Waals surface area contributed by atoms with Crippen LogP contribution in [0.2, 0.25) is 0 Å². The average molecular weight is 249 g/mol. The Labute approximate surface area is 96.2 Å². The highest BCUT2D eigenvalue weighted by Gasteiger charge is 2.14. The highest BCUT2D eigenvalue weighted by atomic mass is 35.5. The smallest absolute Gasteiger partial charge is 0.370 e. The Morgan fingerprint density at radius 1 is 1.27 bits per heavy atom. The first-order chi connectivity index (χ1) is 7.11. The first-order valence-corrected chi connectivity index (χ1v) is 4.78. The van der Waals surface area contributed by atoms with Gasteiger partial charge in [-0.2, -0.15) is 4.39 Å². The second kappa shape index (κ2) is 5.73. The van der Waals surface area contributed by atoms with Crippen LogP contribution in [0.15, 0.2) is 40.7 Å². The van der Waals surface area contributed by atoms with Crippen LogP contribution < -0.4 is 0 Å². The summed E-state index contributed by atoms with van der Waals surface area (Å²) < 4.78 is 16.6. The molecule has 0 bridgehead atoms. The molecule has 2 nitrogen and oxygen atoms in total. The van der Waals surface area contributed by atoms with E-state index < -0.39 is 16.3 Å². The van der Waals surface area contributed by atoms with Crippen LogP contribution in [-0.2, 0) is 16.1 Å². The zero-order valence-corrected chi connectivity index (χ0v) is 9.06. The lowest BCUT2D eigenvalue weighted by Crippen LogP contribution is -2.05. The van der Waals surface area contributed by atoms with Gasteiger partial charge in [0.2, 0.25) is 5.83 Å². The van der Waals surface area contributed by atoms with E-state index in [9.17, 15) is 9.18 Å². The second-order valence-corrected chi connectivity index (χ2v) is 3.59. The summed E-state index contributed by atoms with van der Waals surface area (Å²) in [6.07, 6.45) is 0. The predicted octanol–water partition coefficient (Wildman–Crippen LogP) is 3.35. The molecule has 0 N–H and O–H groups in total. The van der Waals surface area contributed by atoms with E-state index in [4.69, 9.17) is 23.2 Å². The van der Waals surface area contributed by atoms with Gasteiger partial charge in [0, 0.05) is 0 Å². The minimum Gasteiger partial charge on any atom is -0.455 e. The van der Waals surface area contributed by atoms with Gasteiger partial charge in [-0.25, -0.2) is 4.79 Å². The Morgan fingerprint density at radius 3 is 2.40 bits per heavy atom. The van der Waals surface area contributed by atoms with Gasteiger partial charge in [-0.3, -0.25) is 0 Å². The molecule has 0 aromatic heterocycles. The fourth-order valence-corrected chi connectivity index (χ4v) is 1.02.